The molecule has 2 N–H and O–H groups in total. The van der Waals surface area contributed by atoms with Gasteiger partial charge in [-0.15, -0.1) is 0 Å². The average Bonchev–Trinajstić information content (AvgIpc) is 2.80. The first-order valence-electron chi connectivity index (χ1n) is 9.77. The minimum atomic E-state index is -0.753. The fourth-order valence-electron chi connectivity index (χ4n) is 3.06. The second kappa shape index (κ2) is 9.18. The molecule has 0 aliphatic carbocycles. The smallest absolute Gasteiger partial charge is 0.411 e. The Kier molecular flexibility index (Phi) is 5.98. The molecular formula is C23H17N3O7. The van der Waals surface area contributed by atoms with Gasteiger partial charge in [-0.1, -0.05) is 0 Å². The van der Waals surface area contributed by atoms with Crippen LogP contribution in [0.1, 0.15) is 17.3 Å². The molecule has 1 amide bonds. The minimum Gasteiger partial charge on any atom is -0.505 e. The van der Waals surface area contributed by atoms with E-state index in [4.69, 9.17) is 13.9 Å². The summed E-state index contributed by atoms with van der Waals surface area (Å²) >= 11 is 0. The van der Waals surface area contributed by atoms with Gasteiger partial charge in [-0.25, -0.2) is 9.59 Å². The number of hydrogen-bond donors (Lipinski definition) is 2. The Morgan fingerprint density at radius 3 is 2.73 bits per heavy atom. The third-order valence-electron chi connectivity index (χ3n) is 4.50. The van der Waals surface area contributed by atoms with Gasteiger partial charge in [0.1, 0.15) is 22.6 Å². The molecule has 0 bridgehead atoms. The maximum atomic E-state index is 12.6. The number of fused-ring (bicyclic) bond motifs is 1. The van der Waals surface area contributed by atoms with Crippen LogP contribution in [-0.4, -0.2) is 33.7 Å². The molecule has 0 aliphatic rings. The monoisotopic (exact) mass is 447 g/mol. The van der Waals surface area contributed by atoms with E-state index in [1.807, 2.05) is 0 Å². The fourth-order valence-corrected chi connectivity index (χ4v) is 3.06. The molecule has 0 unspecified atom stereocenters. The molecule has 4 rings (SSSR count). The lowest BCUT2D eigenvalue weighted by molar-refractivity contribution is 0.0734. The van der Waals surface area contributed by atoms with Crippen LogP contribution in [0.3, 0.4) is 0 Å². The molecule has 1 aromatic carbocycles. The summed E-state index contributed by atoms with van der Waals surface area (Å²) in [5.74, 6) is -0.731. The number of pyridine rings is 2. The first-order valence-corrected chi connectivity index (χ1v) is 9.77. The van der Waals surface area contributed by atoms with Crippen LogP contribution >= 0.6 is 0 Å². The lowest BCUT2D eigenvalue weighted by Gasteiger charge is -2.13. The third-order valence-corrected chi connectivity index (χ3v) is 4.50. The van der Waals surface area contributed by atoms with Crippen LogP contribution in [0.4, 0.5) is 10.5 Å². The maximum Gasteiger partial charge on any atom is 0.411 e. The molecule has 166 valence electrons. The number of aromatic nitrogens is 2. The van der Waals surface area contributed by atoms with Gasteiger partial charge in [0.2, 0.25) is 0 Å². The average molecular weight is 447 g/mol. The number of hydrogen-bond acceptors (Lipinski definition) is 9. The SMILES string of the molecule is CCOC(=O)Nc1cc(OC(=O)c2cccnc2)ccc1-c1cc(=O)c2c(O)cncc2o1. The van der Waals surface area contributed by atoms with Gasteiger partial charge in [-0.2, -0.15) is 0 Å². The van der Waals surface area contributed by atoms with Crippen molar-refractivity contribution in [3.8, 4) is 22.8 Å². The van der Waals surface area contributed by atoms with Crippen LogP contribution in [0.25, 0.3) is 22.3 Å². The predicted molar refractivity (Wildman–Crippen MR) is 117 cm³/mol. The molecule has 4 aromatic rings. The number of ether oxygens (including phenoxy) is 2. The van der Waals surface area contributed by atoms with Gasteiger partial charge in [0.05, 0.1) is 30.3 Å². The summed E-state index contributed by atoms with van der Waals surface area (Å²) < 4.78 is 16.1. The Bertz CT molecular complexity index is 1400. The Balaban J connectivity index is 1.76. The molecule has 0 saturated carbocycles. The Hall–Kier alpha value is -4.73. The third kappa shape index (κ3) is 4.64. The standard InChI is InChI=1S/C23H17N3O7/c1-2-31-23(30)26-16-8-14(32-22(29)13-4-3-7-24-10-13)5-6-15(16)19-9-17(27)21-18(28)11-25-12-20(21)33-19/h3-12,28H,2H2,1H3,(H,26,30). The van der Waals surface area contributed by atoms with E-state index in [0.29, 0.717) is 5.56 Å². The van der Waals surface area contributed by atoms with E-state index in [-0.39, 0.29) is 46.1 Å². The highest BCUT2D eigenvalue weighted by atomic mass is 16.5. The zero-order valence-corrected chi connectivity index (χ0v) is 17.3. The highest BCUT2D eigenvalue weighted by Gasteiger charge is 2.17. The van der Waals surface area contributed by atoms with E-state index in [2.05, 4.69) is 15.3 Å². The van der Waals surface area contributed by atoms with E-state index < -0.39 is 17.5 Å². The minimum absolute atomic E-state index is 0.0179. The summed E-state index contributed by atoms with van der Waals surface area (Å²) in [5, 5.41) is 12.4. The normalized spacial score (nSPS) is 10.6. The molecule has 0 spiro atoms. The van der Waals surface area contributed by atoms with E-state index in [1.54, 1.807) is 19.1 Å². The molecule has 0 saturated heterocycles. The number of esters is 1. The molecular weight excluding hydrogens is 430 g/mol. The number of nitrogens with zero attached hydrogens (tertiary/aromatic N) is 2. The molecule has 33 heavy (non-hydrogen) atoms. The number of carbonyl (C=O) groups is 2. The van der Waals surface area contributed by atoms with Gasteiger partial charge >= 0.3 is 12.1 Å². The Labute approximate surface area is 186 Å². The van der Waals surface area contributed by atoms with Gasteiger partial charge in [0.15, 0.2) is 11.0 Å². The number of anilines is 1. The maximum absolute atomic E-state index is 12.6. The van der Waals surface area contributed by atoms with Gasteiger partial charge in [-0.05, 0) is 31.2 Å². The van der Waals surface area contributed by atoms with Crippen LogP contribution < -0.4 is 15.5 Å². The topological polar surface area (TPSA) is 141 Å². The zero-order valence-electron chi connectivity index (χ0n) is 17.3. The summed E-state index contributed by atoms with van der Waals surface area (Å²) in [6, 6.07) is 8.70. The van der Waals surface area contributed by atoms with Gasteiger partial charge in [0.25, 0.3) is 0 Å². The Morgan fingerprint density at radius 1 is 1.12 bits per heavy atom. The highest BCUT2D eigenvalue weighted by molar-refractivity contribution is 5.94. The van der Waals surface area contributed by atoms with Crippen molar-refractivity contribution < 1.29 is 28.6 Å². The van der Waals surface area contributed by atoms with Crippen molar-refractivity contribution in [2.24, 2.45) is 0 Å². The second-order valence-electron chi connectivity index (χ2n) is 6.69. The summed E-state index contributed by atoms with van der Waals surface area (Å²) in [6.45, 7) is 1.78. The molecule has 10 nitrogen and oxygen atoms in total. The van der Waals surface area contributed by atoms with E-state index >= 15 is 0 Å². The van der Waals surface area contributed by atoms with Crippen molar-refractivity contribution in [2.75, 3.05) is 11.9 Å². The number of rotatable bonds is 5. The molecule has 3 heterocycles. The van der Waals surface area contributed by atoms with E-state index in [9.17, 15) is 19.5 Å². The fraction of sp³-hybridized carbons (Fsp3) is 0.0870. The lowest BCUT2D eigenvalue weighted by Crippen LogP contribution is -2.15. The largest absolute Gasteiger partial charge is 0.505 e. The summed E-state index contributed by atoms with van der Waals surface area (Å²) in [4.78, 5) is 44.7. The zero-order chi connectivity index (χ0) is 23.4. The summed E-state index contributed by atoms with van der Waals surface area (Å²) in [6.07, 6.45) is 4.57. The van der Waals surface area contributed by atoms with Gasteiger partial charge < -0.3 is 19.0 Å². The van der Waals surface area contributed by atoms with E-state index in [1.165, 1.54) is 42.9 Å². The van der Waals surface area contributed by atoms with Gasteiger partial charge in [0, 0.05) is 30.1 Å². The first-order chi connectivity index (χ1) is 16.0. The lowest BCUT2D eigenvalue weighted by atomic mass is 10.1. The summed E-state index contributed by atoms with van der Waals surface area (Å²) in [7, 11) is 0. The van der Waals surface area contributed by atoms with Crippen LogP contribution in [0, 0.1) is 0 Å². The second-order valence-corrected chi connectivity index (χ2v) is 6.69. The molecule has 0 radical (unpaired) electrons. The van der Waals surface area contributed by atoms with Crippen LogP contribution in [0.15, 0.2) is 70.4 Å². The quantitative estimate of drug-likeness (QED) is 0.346. The number of amides is 1. The van der Waals surface area contributed by atoms with Crippen molar-refractivity contribution in [3.63, 3.8) is 0 Å². The number of benzene rings is 1. The molecule has 0 fully saturated rings. The highest BCUT2D eigenvalue weighted by Crippen LogP contribution is 2.33. The van der Waals surface area contributed by atoms with Gasteiger partial charge in [-0.3, -0.25) is 20.1 Å². The number of nitrogens with one attached hydrogen (secondary N) is 1. The van der Waals surface area contributed by atoms with Crippen LogP contribution in [0.2, 0.25) is 0 Å². The van der Waals surface area contributed by atoms with Crippen molar-refractivity contribution >= 4 is 28.7 Å². The van der Waals surface area contributed by atoms with Crippen molar-refractivity contribution in [1.29, 1.82) is 0 Å². The predicted octanol–water partition coefficient (Wildman–Crippen LogP) is 3.74. The molecule has 3 aromatic heterocycles. The number of aromatic hydroxyl groups is 1. The molecule has 0 atom stereocenters. The van der Waals surface area contributed by atoms with Crippen LogP contribution in [0.5, 0.6) is 11.5 Å². The van der Waals surface area contributed by atoms with Crippen molar-refractivity contribution in [3.05, 3.63) is 77.0 Å². The molecule has 0 aliphatic heterocycles. The molecule has 10 heteroatoms. The number of carbonyl (C=O) groups excluding carboxylic acids is 2. The van der Waals surface area contributed by atoms with Crippen molar-refractivity contribution in [1.82, 2.24) is 9.97 Å². The first kappa shape index (κ1) is 21.5. The Morgan fingerprint density at radius 2 is 1.97 bits per heavy atom. The summed E-state index contributed by atoms with van der Waals surface area (Å²) in [5.41, 5.74) is 0.286. The van der Waals surface area contributed by atoms with E-state index in [0.717, 1.165) is 6.20 Å². The van der Waals surface area contributed by atoms with Crippen LogP contribution in [-0.2, 0) is 4.74 Å². The van der Waals surface area contributed by atoms with Crippen molar-refractivity contribution in [2.45, 2.75) is 6.92 Å².